The SMILES string of the molecule is CCN(CC)C(=O)[C@@H]1C[C@H](N)CN1C(=O)c1cc2c(s1)CCCCC2. The maximum Gasteiger partial charge on any atom is 0.264 e. The number of hydrogen-bond acceptors (Lipinski definition) is 4. The van der Waals surface area contributed by atoms with Gasteiger partial charge in [-0.2, -0.15) is 0 Å². The average molecular weight is 364 g/mol. The largest absolute Gasteiger partial charge is 0.341 e. The van der Waals surface area contributed by atoms with E-state index < -0.39 is 6.04 Å². The molecule has 6 heteroatoms. The molecule has 0 radical (unpaired) electrons. The fourth-order valence-corrected chi connectivity index (χ4v) is 5.20. The number of fused-ring (bicyclic) bond motifs is 1. The summed E-state index contributed by atoms with van der Waals surface area (Å²) in [7, 11) is 0. The van der Waals surface area contributed by atoms with Crippen LogP contribution in [0.15, 0.2) is 6.07 Å². The summed E-state index contributed by atoms with van der Waals surface area (Å²) in [5.41, 5.74) is 7.44. The number of likely N-dealkylation sites (N-methyl/N-ethyl adjacent to an activating group) is 1. The van der Waals surface area contributed by atoms with Crippen LogP contribution in [0.4, 0.5) is 0 Å². The van der Waals surface area contributed by atoms with E-state index in [2.05, 4.69) is 6.07 Å². The first-order valence-electron chi connectivity index (χ1n) is 9.52. The number of rotatable bonds is 4. The molecule has 5 nitrogen and oxygen atoms in total. The third-order valence-electron chi connectivity index (χ3n) is 5.41. The number of nitrogens with two attached hydrogens (primary N) is 1. The number of nitrogens with zero attached hydrogens (tertiary/aromatic N) is 2. The highest BCUT2D eigenvalue weighted by molar-refractivity contribution is 7.14. The predicted molar refractivity (Wildman–Crippen MR) is 101 cm³/mol. The number of hydrogen-bond donors (Lipinski definition) is 1. The van der Waals surface area contributed by atoms with Crippen molar-refractivity contribution in [1.82, 2.24) is 9.80 Å². The third kappa shape index (κ3) is 3.75. The van der Waals surface area contributed by atoms with E-state index in [9.17, 15) is 9.59 Å². The summed E-state index contributed by atoms with van der Waals surface area (Å²) >= 11 is 1.62. The molecule has 2 N–H and O–H groups in total. The van der Waals surface area contributed by atoms with Gasteiger partial charge in [0.05, 0.1) is 4.88 Å². The molecule has 2 amide bonds. The molecule has 1 aromatic heterocycles. The molecule has 2 atom stereocenters. The fourth-order valence-electron chi connectivity index (χ4n) is 3.99. The van der Waals surface area contributed by atoms with Crippen LogP contribution in [0, 0.1) is 0 Å². The summed E-state index contributed by atoms with van der Waals surface area (Å²) in [5.74, 6) is 0.0148. The highest BCUT2D eigenvalue weighted by Crippen LogP contribution is 2.31. The van der Waals surface area contributed by atoms with Gasteiger partial charge in [0.25, 0.3) is 5.91 Å². The molecule has 2 heterocycles. The van der Waals surface area contributed by atoms with Crippen molar-refractivity contribution in [3.8, 4) is 0 Å². The predicted octanol–water partition coefficient (Wildman–Crippen LogP) is 2.43. The van der Waals surface area contributed by atoms with Gasteiger partial charge >= 0.3 is 0 Å². The van der Waals surface area contributed by atoms with Crippen LogP contribution in [0.1, 0.15) is 59.6 Å². The molecule has 2 aliphatic rings. The zero-order chi connectivity index (χ0) is 18.0. The van der Waals surface area contributed by atoms with Gasteiger partial charge < -0.3 is 15.5 Å². The molecule has 0 unspecified atom stereocenters. The van der Waals surface area contributed by atoms with Crippen LogP contribution < -0.4 is 5.73 Å². The van der Waals surface area contributed by atoms with Gasteiger partial charge in [-0.05, 0) is 57.6 Å². The molecule has 1 aromatic rings. The second kappa shape index (κ2) is 7.87. The van der Waals surface area contributed by atoms with Crippen LogP contribution in [0.2, 0.25) is 0 Å². The number of aryl methyl sites for hydroxylation is 2. The first-order valence-corrected chi connectivity index (χ1v) is 10.3. The normalized spacial score (nSPS) is 23.2. The summed E-state index contributed by atoms with van der Waals surface area (Å²) in [6.45, 7) is 5.74. The molecule has 0 aromatic carbocycles. The minimum Gasteiger partial charge on any atom is -0.341 e. The molecule has 1 aliphatic heterocycles. The lowest BCUT2D eigenvalue weighted by Gasteiger charge is -2.28. The van der Waals surface area contributed by atoms with E-state index in [1.54, 1.807) is 21.1 Å². The van der Waals surface area contributed by atoms with Gasteiger partial charge in [-0.3, -0.25) is 9.59 Å². The Bertz CT molecular complexity index is 615. The van der Waals surface area contributed by atoms with Crippen molar-refractivity contribution in [2.75, 3.05) is 19.6 Å². The summed E-state index contributed by atoms with van der Waals surface area (Å²) < 4.78 is 0. The molecule has 1 aliphatic carbocycles. The number of carbonyl (C=O) groups excluding carboxylic acids is 2. The summed E-state index contributed by atoms with van der Waals surface area (Å²) in [5, 5.41) is 0. The molecule has 25 heavy (non-hydrogen) atoms. The summed E-state index contributed by atoms with van der Waals surface area (Å²) in [6.07, 6.45) is 6.39. The van der Waals surface area contributed by atoms with Crippen molar-refractivity contribution in [2.24, 2.45) is 5.73 Å². The molecule has 1 saturated heterocycles. The van der Waals surface area contributed by atoms with E-state index in [0.29, 0.717) is 26.1 Å². The minimum atomic E-state index is -0.413. The smallest absolute Gasteiger partial charge is 0.264 e. The van der Waals surface area contributed by atoms with Gasteiger partial charge in [-0.25, -0.2) is 0 Å². The quantitative estimate of drug-likeness (QED) is 0.836. The molecule has 0 bridgehead atoms. The van der Waals surface area contributed by atoms with Crippen molar-refractivity contribution in [3.05, 3.63) is 21.4 Å². The van der Waals surface area contributed by atoms with Crippen LogP contribution in [-0.4, -0.2) is 53.3 Å². The molecular weight excluding hydrogens is 334 g/mol. The topological polar surface area (TPSA) is 66.6 Å². The van der Waals surface area contributed by atoms with E-state index in [4.69, 9.17) is 5.73 Å². The van der Waals surface area contributed by atoms with E-state index in [1.807, 2.05) is 13.8 Å². The molecule has 1 fully saturated rings. The second-order valence-electron chi connectivity index (χ2n) is 7.10. The molecule has 0 spiro atoms. The first kappa shape index (κ1) is 18.4. The molecular formula is C19H29N3O2S. The highest BCUT2D eigenvalue weighted by atomic mass is 32.1. The average Bonchev–Trinajstić information content (AvgIpc) is 3.12. The van der Waals surface area contributed by atoms with E-state index in [1.165, 1.54) is 29.7 Å². The van der Waals surface area contributed by atoms with Crippen molar-refractivity contribution < 1.29 is 9.59 Å². The maximum absolute atomic E-state index is 13.1. The maximum atomic E-state index is 13.1. The fraction of sp³-hybridized carbons (Fsp3) is 0.684. The highest BCUT2D eigenvalue weighted by Gasteiger charge is 2.40. The van der Waals surface area contributed by atoms with Crippen LogP contribution >= 0.6 is 11.3 Å². The van der Waals surface area contributed by atoms with Crippen molar-refractivity contribution in [1.29, 1.82) is 0 Å². The number of carbonyl (C=O) groups is 2. The zero-order valence-electron chi connectivity index (χ0n) is 15.3. The Hall–Kier alpha value is -1.40. The lowest BCUT2D eigenvalue weighted by molar-refractivity contribution is -0.134. The molecule has 0 saturated carbocycles. The molecule has 3 rings (SSSR count). The standard InChI is InChI=1S/C19H29N3O2S/c1-3-21(4-2)18(23)15-11-14(20)12-22(15)19(24)17-10-13-8-6-5-7-9-16(13)25-17/h10,14-15H,3-9,11-12,20H2,1-2H3/t14-,15-/m0/s1. The van der Waals surface area contributed by atoms with Crippen LogP contribution in [0.5, 0.6) is 0 Å². The number of thiophene rings is 1. The van der Waals surface area contributed by atoms with E-state index in [-0.39, 0.29) is 17.9 Å². The zero-order valence-corrected chi connectivity index (χ0v) is 16.1. The van der Waals surface area contributed by atoms with Crippen LogP contribution in [0.25, 0.3) is 0 Å². The van der Waals surface area contributed by atoms with E-state index >= 15 is 0 Å². The van der Waals surface area contributed by atoms with Gasteiger partial charge in [0.15, 0.2) is 0 Å². The van der Waals surface area contributed by atoms with Gasteiger partial charge in [0.2, 0.25) is 5.91 Å². The lowest BCUT2D eigenvalue weighted by atomic mass is 10.1. The Kier molecular flexibility index (Phi) is 5.79. The van der Waals surface area contributed by atoms with Crippen molar-refractivity contribution in [3.63, 3.8) is 0 Å². The number of likely N-dealkylation sites (tertiary alicyclic amines) is 1. The Balaban J connectivity index is 1.81. The monoisotopic (exact) mass is 363 g/mol. The Morgan fingerprint density at radius 2 is 1.96 bits per heavy atom. The summed E-state index contributed by atoms with van der Waals surface area (Å²) in [6, 6.07) is 1.53. The summed E-state index contributed by atoms with van der Waals surface area (Å²) in [4.78, 5) is 31.6. The Labute approximate surface area is 154 Å². The van der Waals surface area contributed by atoms with Gasteiger partial charge in [-0.1, -0.05) is 6.42 Å². The lowest BCUT2D eigenvalue weighted by Crippen LogP contribution is -2.47. The van der Waals surface area contributed by atoms with Crippen LogP contribution in [0.3, 0.4) is 0 Å². The molecule has 138 valence electrons. The van der Waals surface area contributed by atoms with Crippen molar-refractivity contribution >= 4 is 23.2 Å². The minimum absolute atomic E-state index is 0.0171. The van der Waals surface area contributed by atoms with Crippen LogP contribution in [-0.2, 0) is 17.6 Å². The third-order valence-corrected chi connectivity index (χ3v) is 6.64. The van der Waals surface area contributed by atoms with Crippen molar-refractivity contribution in [2.45, 2.75) is 64.5 Å². The van der Waals surface area contributed by atoms with Gasteiger partial charge in [0, 0.05) is 30.6 Å². The Morgan fingerprint density at radius 1 is 1.24 bits per heavy atom. The first-order chi connectivity index (χ1) is 12.0. The second-order valence-corrected chi connectivity index (χ2v) is 8.24. The number of amides is 2. The van der Waals surface area contributed by atoms with E-state index in [0.717, 1.165) is 17.7 Å². The van der Waals surface area contributed by atoms with Gasteiger partial charge in [0.1, 0.15) is 6.04 Å². The Morgan fingerprint density at radius 3 is 2.68 bits per heavy atom. The van der Waals surface area contributed by atoms with Gasteiger partial charge in [-0.15, -0.1) is 11.3 Å².